The van der Waals surface area contributed by atoms with Crippen molar-refractivity contribution in [3.8, 4) is 5.75 Å². The lowest BCUT2D eigenvalue weighted by Gasteiger charge is -2.13. The smallest absolute Gasteiger partial charge is 0.229 e. The van der Waals surface area contributed by atoms with Gasteiger partial charge in [-0.15, -0.1) is 0 Å². The number of aryl methyl sites for hydroxylation is 1. The number of rotatable bonds is 4. The zero-order valence-corrected chi connectivity index (χ0v) is 13.0. The number of hydrogen-bond acceptors (Lipinski definition) is 3. The molecule has 0 spiro atoms. The van der Waals surface area contributed by atoms with Crippen molar-refractivity contribution in [1.82, 2.24) is 0 Å². The minimum atomic E-state index is -1.15. The predicted molar refractivity (Wildman–Crippen MR) is 81.3 cm³/mol. The molecule has 0 saturated carbocycles. The third-order valence-electron chi connectivity index (χ3n) is 2.64. The van der Waals surface area contributed by atoms with E-state index in [1.165, 1.54) is 5.56 Å². The van der Waals surface area contributed by atoms with Gasteiger partial charge >= 0.3 is 0 Å². The van der Waals surface area contributed by atoms with Gasteiger partial charge in [-0.3, -0.25) is 0 Å². The molecule has 19 heavy (non-hydrogen) atoms. The molecule has 0 aliphatic heterocycles. The van der Waals surface area contributed by atoms with E-state index < -0.39 is 9.04 Å². The van der Waals surface area contributed by atoms with Crippen LogP contribution in [-0.4, -0.2) is 14.8 Å². The first-order valence-electron chi connectivity index (χ1n) is 6.42. The molecule has 0 aliphatic rings. The molecule has 0 aliphatic carbocycles. The van der Waals surface area contributed by atoms with Crippen LogP contribution in [0.1, 0.15) is 18.2 Å². The SMILES string of the molecule is CC(=Nc1ccc(C)cc1O[SiH](C)C)c1ccco1. The van der Waals surface area contributed by atoms with Gasteiger partial charge in [-0.25, -0.2) is 4.99 Å². The topological polar surface area (TPSA) is 34.7 Å². The summed E-state index contributed by atoms with van der Waals surface area (Å²) in [5.41, 5.74) is 2.89. The van der Waals surface area contributed by atoms with E-state index in [1.54, 1.807) is 6.26 Å². The quantitative estimate of drug-likeness (QED) is 0.621. The highest BCUT2D eigenvalue weighted by molar-refractivity contribution is 6.49. The summed E-state index contributed by atoms with van der Waals surface area (Å²) in [7, 11) is -1.15. The Morgan fingerprint density at radius 1 is 1.26 bits per heavy atom. The molecule has 0 saturated heterocycles. The van der Waals surface area contributed by atoms with E-state index >= 15 is 0 Å². The number of furan rings is 1. The van der Waals surface area contributed by atoms with Crippen LogP contribution in [0.25, 0.3) is 0 Å². The lowest BCUT2D eigenvalue weighted by molar-refractivity contribution is 0.557. The van der Waals surface area contributed by atoms with Gasteiger partial charge < -0.3 is 8.84 Å². The summed E-state index contributed by atoms with van der Waals surface area (Å²) < 4.78 is 11.3. The lowest BCUT2D eigenvalue weighted by atomic mass is 10.2. The monoisotopic (exact) mass is 273 g/mol. The second-order valence-corrected chi connectivity index (χ2v) is 7.15. The Bertz CT molecular complexity index is 574. The Hall–Kier alpha value is -1.81. The summed E-state index contributed by atoms with van der Waals surface area (Å²) in [6.07, 6.45) is 1.65. The number of hydrogen-bond donors (Lipinski definition) is 0. The fraction of sp³-hybridized carbons (Fsp3) is 0.267. The molecule has 0 radical (unpaired) electrons. The van der Waals surface area contributed by atoms with Crippen molar-refractivity contribution in [2.75, 3.05) is 0 Å². The summed E-state index contributed by atoms with van der Waals surface area (Å²) in [5, 5.41) is 0. The summed E-state index contributed by atoms with van der Waals surface area (Å²) in [5.74, 6) is 1.65. The molecule has 0 N–H and O–H groups in total. The molecular weight excluding hydrogens is 254 g/mol. The molecule has 100 valence electrons. The fourth-order valence-corrected chi connectivity index (χ4v) is 2.48. The van der Waals surface area contributed by atoms with Gasteiger partial charge in [0.1, 0.15) is 17.2 Å². The zero-order valence-electron chi connectivity index (χ0n) is 11.8. The molecular formula is C15H19NO2Si. The second kappa shape index (κ2) is 5.89. The zero-order chi connectivity index (χ0) is 13.8. The van der Waals surface area contributed by atoms with Gasteiger partial charge in [0.2, 0.25) is 9.04 Å². The van der Waals surface area contributed by atoms with E-state index in [0.29, 0.717) is 0 Å². The van der Waals surface area contributed by atoms with Crippen LogP contribution in [0.4, 0.5) is 5.69 Å². The van der Waals surface area contributed by atoms with Crippen molar-refractivity contribution >= 4 is 20.4 Å². The summed E-state index contributed by atoms with van der Waals surface area (Å²) in [6, 6.07) is 9.85. The summed E-state index contributed by atoms with van der Waals surface area (Å²) >= 11 is 0. The minimum absolute atomic E-state index is 0.785. The predicted octanol–water partition coefficient (Wildman–Crippen LogP) is 4.09. The first-order chi connectivity index (χ1) is 9.06. The Morgan fingerprint density at radius 2 is 2.05 bits per heavy atom. The van der Waals surface area contributed by atoms with Crippen molar-refractivity contribution in [2.45, 2.75) is 26.9 Å². The maximum atomic E-state index is 5.95. The van der Waals surface area contributed by atoms with Gasteiger partial charge in [-0.05, 0) is 56.8 Å². The van der Waals surface area contributed by atoms with E-state index in [2.05, 4.69) is 25.0 Å². The van der Waals surface area contributed by atoms with Gasteiger partial charge in [0, 0.05) is 0 Å². The van der Waals surface area contributed by atoms with Crippen LogP contribution in [0, 0.1) is 6.92 Å². The van der Waals surface area contributed by atoms with Crippen LogP contribution in [0.2, 0.25) is 13.1 Å². The maximum absolute atomic E-state index is 5.95. The van der Waals surface area contributed by atoms with E-state index in [4.69, 9.17) is 8.84 Å². The molecule has 2 rings (SSSR count). The van der Waals surface area contributed by atoms with Crippen LogP contribution in [-0.2, 0) is 0 Å². The molecule has 1 aromatic heterocycles. The van der Waals surface area contributed by atoms with Crippen molar-refractivity contribution in [2.24, 2.45) is 4.99 Å². The van der Waals surface area contributed by atoms with E-state index in [1.807, 2.05) is 37.3 Å². The average Bonchev–Trinajstić information content (AvgIpc) is 2.85. The van der Waals surface area contributed by atoms with Crippen LogP contribution < -0.4 is 4.43 Å². The lowest BCUT2D eigenvalue weighted by Crippen LogP contribution is -2.11. The normalized spacial score (nSPS) is 11.9. The summed E-state index contributed by atoms with van der Waals surface area (Å²) in [4.78, 5) is 4.62. The van der Waals surface area contributed by atoms with Gasteiger partial charge in [0.15, 0.2) is 0 Å². The minimum Gasteiger partial charge on any atom is -0.546 e. The molecule has 0 atom stereocenters. The Kier molecular flexibility index (Phi) is 4.22. The molecule has 4 heteroatoms. The molecule has 0 unspecified atom stereocenters. The van der Waals surface area contributed by atoms with E-state index in [-0.39, 0.29) is 0 Å². The number of aliphatic imine (C=N–C) groups is 1. The Labute approximate surface area is 115 Å². The van der Waals surface area contributed by atoms with Gasteiger partial charge in [-0.2, -0.15) is 0 Å². The van der Waals surface area contributed by atoms with Crippen molar-refractivity contribution in [3.05, 3.63) is 47.9 Å². The number of benzene rings is 1. The van der Waals surface area contributed by atoms with Crippen LogP contribution >= 0.6 is 0 Å². The molecule has 0 amide bonds. The Morgan fingerprint density at radius 3 is 2.68 bits per heavy atom. The van der Waals surface area contributed by atoms with Crippen molar-refractivity contribution in [3.63, 3.8) is 0 Å². The molecule has 1 heterocycles. The van der Waals surface area contributed by atoms with E-state index in [9.17, 15) is 0 Å². The highest BCUT2D eigenvalue weighted by Gasteiger charge is 2.08. The largest absolute Gasteiger partial charge is 0.546 e. The maximum Gasteiger partial charge on any atom is 0.229 e. The van der Waals surface area contributed by atoms with Crippen molar-refractivity contribution < 1.29 is 8.84 Å². The second-order valence-electron chi connectivity index (χ2n) is 4.81. The third-order valence-corrected chi connectivity index (χ3v) is 3.37. The van der Waals surface area contributed by atoms with Gasteiger partial charge in [0.25, 0.3) is 0 Å². The molecule has 1 aromatic carbocycles. The standard InChI is InChI=1S/C15H19NO2Si/c1-11-7-8-13(15(10-11)18-19(3)4)16-12(2)14-6-5-9-17-14/h5-10,19H,1-4H3. The summed E-state index contributed by atoms with van der Waals surface area (Å²) in [6.45, 7) is 8.29. The molecule has 0 bridgehead atoms. The van der Waals surface area contributed by atoms with Crippen molar-refractivity contribution in [1.29, 1.82) is 0 Å². The van der Waals surface area contributed by atoms with Crippen LogP contribution in [0.3, 0.4) is 0 Å². The number of nitrogens with zero attached hydrogens (tertiary/aromatic N) is 1. The van der Waals surface area contributed by atoms with Gasteiger partial charge in [0.05, 0.1) is 12.0 Å². The highest BCUT2D eigenvalue weighted by Crippen LogP contribution is 2.29. The van der Waals surface area contributed by atoms with Gasteiger partial charge in [-0.1, -0.05) is 6.07 Å². The third kappa shape index (κ3) is 3.58. The fourth-order valence-electron chi connectivity index (χ4n) is 1.78. The first kappa shape index (κ1) is 13.6. The average molecular weight is 273 g/mol. The first-order valence-corrected chi connectivity index (χ1v) is 9.21. The van der Waals surface area contributed by atoms with E-state index in [0.717, 1.165) is 22.9 Å². The highest BCUT2D eigenvalue weighted by atomic mass is 28.3. The Balaban J connectivity index is 2.36. The molecule has 3 nitrogen and oxygen atoms in total. The van der Waals surface area contributed by atoms with Crippen LogP contribution in [0.5, 0.6) is 5.75 Å². The molecule has 0 fully saturated rings. The molecule has 2 aromatic rings. The van der Waals surface area contributed by atoms with Crippen LogP contribution in [0.15, 0.2) is 46.0 Å².